The standard InChI is InChI=1S/C27H25Cl2F3N2O2/c28-23-9-3-20(4-10-23)25(36-18-19-1-7-22(8-2-19)27(30,31)32)17-33-13-15-34(16-14-33)26(35)21-5-11-24(29)12-6-21/h1-12,25H,13-18H2/t25-/m1/s1. The molecule has 0 saturated carbocycles. The number of carbonyl (C=O) groups excluding carboxylic acids is 1. The molecule has 0 radical (unpaired) electrons. The van der Waals surface area contributed by atoms with Crippen molar-refractivity contribution in [3.63, 3.8) is 0 Å². The molecular formula is C27H25Cl2F3N2O2. The van der Waals surface area contributed by atoms with Gasteiger partial charge in [-0.05, 0) is 59.7 Å². The molecule has 1 aliphatic rings. The minimum atomic E-state index is -4.37. The van der Waals surface area contributed by atoms with Gasteiger partial charge in [0, 0.05) is 48.3 Å². The summed E-state index contributed by atoms with van der Waals surface area (Å²) in [6.07, 6.45) is -4.69. The Morgan fingerprint density at radius 3 is 1.94 bits per heavy atom. The van der Waals surface area contributed by atoms with Crippen LogP contribution in [0.25, 0.3) is 0 Å². The fraction of sp³-hybridized carbons (Fsp3) is 0.296. The van der Waals surface area contributed by atoms with Gasteiger partial charge in [-0.15, -0.1) is 0 Å². The van der Waals surface area contributed by atoms with Crippen molar-refractivity contribution < 1.29 is 22.7 Å². The molecular weight excluding hydrogens is 512 g/mol. The van der Waals surface area contributed by atoms with Gasteiger partial charge < -0.3 is 9.64 Å². The van der Waals surface area contributed by atoms with E-state index >= 15 is 0 Å². The van der Waals surface area contributed by atoms with Crippen molar-refractivity contribution in [2.45, 2.75) is 18.9 Å². The number of ether oxygens (including phenoxy) is 1. The summed E-state index contributed by atoms with van der Waals surface area (Å²) in [7, 11) is 0. The zero-order valence-corrected chi connectivity index (χ0v) is 20.9. The second kappa shape index (κ2) is 11.6. The summed E-state index contributed by atoms with van der Waals surface area (Å²) in [4.78, 5) is 16.8. The fourth-order valence-electron chi connectivity index (χ4n) is 4.06. The number of benzene rings is 3. The van der Waals surface area contributed by atoms with Gasteiger partial charge in [-0.2, -0.15) is 13.2 Å². The number of hydrogen-bond acceptors (Lipinski definition) is 3. The lowest BCUT2D eigenvalue weighted by Crippen LogP contribution is -2.49. The van der Waals surface area contributed by atoms with Crippen molar-refractivity contribution in [3.05, 3.63) is 105 Å². The Morgan fingerprint density at radius 1 is 0.833 bits per heavy atom. The monoisotopic (exact) mass is 536 g/mol. The molecule has 3 aromatic carbocycles. The first-order valence-corrected chi connectivity index (χ1v) is 12.2. The number of rotatable bonds is 7. The minimum absolute atomic E-state index is 0.0286. The molecule has 0 aliphatic carbocycles. The van der Waals surface area contributed by atoms with Crippen LogP contribution in [0.4, 0.5) is 13.2 Å². The normalized spacial score (nSPS) is 15.6. The maximum atomic E-state index is 12.9. The molecule has 3 aromatic rings. The number of amides is 1. The van der Waals surface area contributed by atoms with Crippen molar-refractivity contribution >= 4 is 29.1 Å². The molecule has 0 bridgehead atoms. The Morgan fingerprint density at radius 2 is 1.39 bits per heavy atom. The maximum Gasteiger partial charge on any atom is 0.416 e. The number of alkyl halides is 3. The highest BCUT2D eigenvalue weighted by molar-refractivity contribution is 6.30. The van der Waals surface area contributed by atoms with Gasteiger partial charge in [0.1, 0.15) is 0 Å². The lowest BCUT2D eigenvalue weighted by molar-refractivity contribution is -0.137. The average Bonchev–Trinajstić information content (AvgIpc) is 2.87. The molecule has 1 heterocycles. The number of piperazine rings is 1. The van der Waals surface area contributed by atoms with Gasteiger partial charge in [0.15, 0.2) is 0 Å². The van der Waals surface area contributed by atoms with Crippen molar-refractivity contribution in [1.82, 2.24) is 9.80 Å². The summed E-state index contributed by atoms with van der Waals surface area (Å²) < 4.78 is 44.8. The van der Waals surface area contributed by atoms with Crippen molar-refractivity contribution in [1.29, 1.82) is 0 Å². The molecule has 4 nitrogen and oxygen atoms in total. The highest BCUT2D eigenvalue weighted by atomic mass is 35.5. The summed E-state index contributed by atoms with van der Waals surface area (Å²) in [5.74, 6) is -0.0286. The van der Waals surface area contributed by atoms with E-state index in [4.69, 9.17) is 27.9 Å². The first kappa shape index (κ1) is 26.5. The molecule has 1 saturated heterocycles. The zero-order chi connectivity index (χ0) is 25.7. The summed E-state index contributed by atoms with van der Waals surface area (Å²) in [6, 6.07) is 19.2. The van der Waals surface area contributed by atoms with E-state index in [1.807, 2.05) is 17.0 Å². The SMILES string of the molecule is O=C(c1ccc(Cl)cc1)N1CCN(C[C@@H](OCc2ccc(C(F)(F)F)cc2)c2ccc(Cl)cc2)CC1. The molecule has 1 aliphatic heterocycles. The van der Waals surface area contributed by atoms with Crippen LogP contribution in [0.3, 0.4) is 0 Å². The van der Waals surface area contributed by atoms with E-state index in [1.165, 1.54) is 12.1 Å². The summed E-state index contributed by atoms with van der Waals surface area (Å²) in [5.41, 5.74) is 1.49. The lowest BCUT2D eigenvalue weighted by atomic mass is 10.1. The van der Waals surface area contributed by atoms with E-state index in [-0.39, 0.29) is 18.6 Å². The van der Waals surface area contributed by atoms with Crippen LogP contribution in [0.15, 0.2) is 72.8 Å². The Kier molecular flexibility index (Phi) is 8.57. The Balaban J connectivity index is 1.38. The fourth-order valence-corrected chi connectivity index (χ4v) is 4.31. The molecule has 9 heteroatoms. The highest BCUT2D eigenvalue weighted by Gasteiger charge is 2.30. The molecule has 4 rings (SSSR count). The van der Waals surface area contributed by atoms with Crippen LogP contribution in [0.1, 0.15) is 33.2 Å². The van der Waals surface area contributed by atoms with Crippen LogP contribution in [0, 0.1) is 0 Å². The van der Waals surface area contributed by atoms with Crippen molar-refractivity contribution in [2.75, 3.05) is 32.7 Å². The molecule has 0 N–H and O–H groups in total. The molecule has 1 amide bonds. The van der Waals surface area contributed by atoms with Crippen LogP contribution in [-0.4, -0.2) is 48.4 Å². The smallest absolute Gasteiger partial charge is 0.368 e. The third-order valence-electron chi connectivity index (χ3n) is 6.15. The molecule has 0 unspecified atom stereocenters. The largest absolute Gasteiger partial charge is 0.416 e. The second-order valence-electron chi connectivity index (χ2n) is 8.65. The van der Waals surface area contributed by atoms with Gasteiger partial charge in [-0.25, -0.2) is 0 Å². The molecule has 0 aromatic heterocycles. The van der Waals surface area contributed by atoms with E-state index in [1.54, 1.807) is 36.4 Å². The predicted octanol–water partition coefficient (Wildman–Crippen LogP) is 6.73. The van der Waals surface area contributed by atoms with E-state index < -0.39 is 11.7 Å². The third-order valence-corrected chi connectivity index (χ3v) is 6.65. The number of hydrogen-bond donors (Lipinski definition) is 0. The van der Waals surface area contributed by atoms with Crippen LogP contribution >= 0.6 is 23.2 Å². The van der Waals surface area contributed by atoms with Gasteiger partial charge in [-0.3, -0.25) is 9.69 Å². The Hall–Kier alpha value is -2.58. The number of carbonyl (C=O) groups is 1. The molecule has 1 atom stereocenters. The molecule has 0 spiro atoms. The van der Waals surface area contributed by atoms with Crippen LogP contribution in [0.5, 0.6) is 0 Å². The zero-order valence-electron chi connectivity index (χ0n) is 19.3. The van der Waals surface area contributed by atoms with Crippen LogP contribution < -0.4 is 0 Å². The minimum Gasteiger partial charge on any atom is -0.368 e. The van der Waals surface area contributed by atoms with Gasteiger partial charge in [0.25, 0.3) is 5.91 Å². The average molecular weight is 537 g/mol. The Labute approximate surface area is 218 Å². The maximum absolute atomic E-state index is 12.9. The Bertz CT molecular complexity index is 1150. The van der Waals surface area contributed by atoms with Crippen LogP contribution in [-0.2, 0) is 17.5 Å². The van der Waals surface area contributed by atoms with E-state index in [2.05, 4.69) is 4.90 Å². The van der Waals surface area contributed by atoms with E-state index in [9.17, 15) is 18.0 Å². The second-order valence-corrected chi connectivity index (χ2v) is 9.52. The highest BCUT2D eigenvalue weighted by Crippen LogP contribution is 2.30. The molecule has 1 fully saturated rings. The summed E-state index contributed by atoms with van der Waals surface area (Å²) >= 11 is 12.0. The van der Waals surface area contributed by atoms with Crippen LogP contribution in [0.2, 0.25) is 10.0 Å². The van der Waals surface area contributed by atoms with E-state index in [0.29, 0.717) is 53.9 Å². The number of halogens is 5. The van der Waals surface area contributed by atoms with Crippen molar-refractivity contribution in [2.24, 2.45) is 0 Å². The first-order chi connectivity index (χ1) is 17.2. The van der Waals surface area contributed by atoms with Gasteiger partial charge in [-0.1, -0.05) is 47.5 Å². The van der Waals surface area contributed by atoms with Gasteiger partial charge in [0.2, 0.25) is 0 Å². The molecule has 190 valence electrons. The van der Waals surface area contributed by atoms with Crippen molar-refractivity contribution in [3.8, 4) is 0 Å². The topological polar surface area (TPSA) is 32.8 Å². The first-order valence-electron chi connectivity index (χ1n) is 11.5. The van der Waals surface area contributed by atoms with E-state index in [0.717, 1.165) is 17.7 Å². The van der Waals surface area contributed by atoms with Gasteiger partial charge in [0.05, 0.1) is 18.3 Å². The molecule has 36 heavy (non-hydrogen) atoms. The van der Waals surface area contributed by atoms with Gasteiger partial charge >= 0.3 is 6.18 Å². The predicted molar refractivity (Wildman–Crippen MR) is 134 cm³/mol. The summed E-state index contributed by atoms with van der Waals surface area (Å²) in [5, 5.41) is 1.19. The quantitative estimate of drug-likeness (QED) is 0.335. The lowest BCUT2D eigenvalue weighted by Gasteiger charge is -2.36. The summed E-state index contributed by atoms with van der Waals surface area (Å²) in [6.45, 7) is 3.24. The third kappa shape index (κ3) is 7.01. The number of nitrogens with zero attached hydrogens (tertiary/aromatic N) is 2.